The molecule has 0 spiro atoms. The first kappa shape index (κ1) is 52.9. The van der Waals surface area contributed by atoms with Crippen molar-refractivity contribution in [1.29, 1.82) is 0 Å². The molecule has 0 amide bonds. The summed E-state index contributed by atoms with van der Waals surface area (Å²) >= 11 is 0. The molecule has 0 aromatic heterocycles. The fourth-order valence-electron chi connectivity index (χ4n) is 6.08. The highest BCUT2D eigenvalue weighted by atomic mass is 16.6. The second-order valence-corrected chi connectivity index (χ2v) is 14.9. The number of carbonyl (C=O) groups is 3. The predicted octanol–water partition coefficient (Wildman–Crippen LogP) is 14.7. The maximum atomic E-state index is 12.7. The van der Waals surface area contributed by atoms with Crippen LogP contribution in [0.1, 0.15) is 207 Å². The fourth-order valence-corrected chi connectivity index (χ4v) is 6.08. The van der Waals surface area contributed by atoms with Crippen LogP contribution in [0.5, 0.6) is 0 Å². The molecule has 1 atom stereocenters. The molecule has 6 nitrogen and oxygen atoms in total. The molecule has 0 rings (SSSR count). The molecule has 0 heterocycles. The van der Waals surface area contributed by atoms with Gasteiger partial charge in [-0.2, -0.15) is 0 Å². The third kappa shape index (κ3) is 42.0. The number of carbonyl (C=O) groups excluding carboxylic acids is 3. The van der Waals surface area contributed by atoms with E-state index in [2.05, 4.69) is 93.7 Å². The molecule has 0 saturated carbocycles. The van der Waals surface area contributed by atoms with Crippen LogP contribution in [0.3, 0.4) is 0 Å². The SMILES string of the molecule is CC/C=C\C/C=C\C/C=C\CCCC(=O)OCC(COC(=O)CCCCCCCCCCCCCCCCCC)OC(=O)CCC/C=C\C/C=C\C/C=C\CC. The maximum Gasteiger partial charge on any atom is 0.306 e. The second kappa shape index (κ2) is 44.6. The van der Waals surface area contributed by atoms with Crippen LogP contribution in [-0.2, 0) is 28.6 Å². The zero-order valence-electron chi connectivity index (χ0n) is 36.4. The Bertz CT molecular complexity index is 1080. The van der Waals surface area contributed by atoms with E-state index in [9.17, 15) is 14.4 Å². The monoisotopic (exact) mass is 781 g/mol. The van der Waals surface area contributed by atoms with Gasteiger partial charge in [0.05, 0.1) is 0 Å². The van der Waals surface area contributed by atoms with Crippen LogP contribution in [0, 0.1) is 0 Å². The average Bonchev–Trinajstić information content (AvgIpc) is 3.19. The highest BCUT2D eigenvalue weighted by Gasteiger charge is 2.19. The van der Waals surface area contributed by atoms with E-state index in [1.54, 1.807) is 0 Å². The van der Waals surface area contributed by atoms with Crippen LogP contribution in [0.25, 0.3) is 0 Å². The number of esters is 3. The number of allylic oxidation sites excluding steroid dienone is 12. The molecule has 0 aromatic carbocycles. The van der Waals surface area contributed by atoms with Crippen LogP contribution in [0.4, 0.5) is 0 Å². The summed E-state index contributed by atoms with van der Waals surface area (Å²) < 4.78 is 16.6. The summed E-state index contributed by atoms with van der Waals surface area (Å²) in [5, 5.41) is 0. The van der Waals surface area contributed by atoms with E-state index in [-0.39, 0.29) is 44.0 Å². The van der Waals surface area contributed by atoms with Crippen LogP contribution in [0.2, 0.25) is 0 Å². The zero-order chi connectivity index (χ0) is 40.8. The molecule has 0 bridgehead atoms. The molecule has 56 heavy (non-hydrogen) atoms. The molecule has 0 aliphatic carbocycles. The van der Waals surface area contributed by atoms with Gasteiger partial charge < -0.3 is 14.2 Å². The molecule has 0 radical (unpaired) electrons. The summed E-state index contributed by atoms with van der Waals surface area (Å²) in [6, 6.07) is 0. The Labute approximate surface area is 344 Å². The molecule has 0 saturated heterocycles. The molecule has 0 aliphatic rings. The molecule has 0 aliphatic heterocycles. The van der Waals surface area contributed by atoms with Crippen LogP contribution < -0.4 is 0 Å². The minimum absolute atomic E-state index is 0.110. The van der Waals surface area contributed by atoms with E-state index in [1.165, 1.54) is 83.5 Å². The Morgan fingerprint density at radius 3 is 1.09 bits per heavy atom. The summed E-state index contributed by atoms with van der Waals surface area (Å²) in [7, 11) is 0. The van der Waals surface area contributed by atoms with E-state index in [0.29, 0.717) is 19.3 Å². The molecule has 0 N–H and O–H groups in total. The lowest BCUT2D eigenvalue weighted by Gasteiger charge is -2.18. The first-order chi connectivity index (χ1) is 27.5. The normalized spacial score (nSPS) is 12.7. The van der Waals surface area contributed by atoms with Crippen LogP contribution in [-0.4, -0.2) is 37.2 Å². The average molecular weight is 781 g/mol. The van der Waals surface area contributed by atoms with E-state index < -0.39 is 6.10 Å². The number of ether oxygens (including phenoxy) is 3. The second-order valence-electron chi connectivity index (χ2n) is 14.9. The van der Waals surface area contributed by atoms with Gasteiger partial charge in [-0.05, 0) is 70.6 Å². The Balaban J connectivity index is 4.44. The van der Waals surface area contributed by atoms with E-state index in [1.807, 2.05) is 0 Å². The summed E-state index contributed by atoms with van der Waals surface area (Å²) in [6.45, 7) is 6.29. The van der Waals surface area contributed by atoms with Crippen molar-refractivity contribution in [3.05, 3.63) is 72.9 Å². The Kier molecular flexibility index (Phi) is 42.1. The number of unbranched alkanes of at least 4 members (excludes halogenated alkanes) is 17. The quantitative estimate of drug-likeness (QED) is 0.0267. The minimum Gasteiger partial charge on any atom is -0.462 e. The smallest absolute Gasteiger partial charge is 0.306 e. The van der Waals surface area contributed by atoms with Crippen molar-refractivity contribution in [1.82, 2.24) is 0 Å². The first-order valence-corrected chi connectivity index (χ1v) is 22.9. The van der Waals surface area contributed by atoms with Gasteiger partial charge in [-0.3, -0.25) is 14.4 Å². The van der Waals surface area contributed by atoms with E-state index >= 15 is 0 Å². The summed E-state index contributed by atoms with van der Waals surface area (Å²) in [5.74, 6) is -1.03. The van der Waals surface area contributed by atoms with Gasteiger partial charge in [0.1, 0.15) is 13.2 Å². The topological polar surface area (TPSA) is 78.9 Å². The van der Waals surface area contributed by atoms with Gasteiger partial charge >= 0.3 is 17.9 Å². The summed E-state index contributed by atoms with van der Waals surface area (Å²) in [6.07, 6.45) is 54.8. The molecule has 320 valence electrons. The first-order valence-electron chi connectivity index (χ1n) is 22.9. The lowest BCUT2D eigenvalue weighted by atomic mass is 10.0. The highest BCUT2D eigenvalue weighted by molar-refractivity contribution is 5.71. The fraction of sp³-hybridized carbons (Fsp3) is 0.700. The van der Waals surface area contributed by atoms with Gasteiger partial charge in [0.25, 0.3) is 0 Å². The maximum absolute atomic E-state index is 12.7. The molecule has 6 heteroatoms. The van der Waals surface area contributed by atoms with Gasteiger partial charge in [0, 0.05) is 19.3 Å². The van der Waals surface area contributed by atoms with Crippen molar-refractivity contribution >= 4 is 17.9 Å². The van der Waals surface area contributed by atoms with Crippen molar-refractivity contribution in [2.75, 3.05) is 13.2 Å². The zero-order valence-corrected chi connectivity index (χ0v) is 36.4. The number of rotatable bonds is 40. The molecular weight excluding hydrogens is 697 g/mol. The Morgan fingerprint density at radius 2 is 0.696 bits per heavy atom. The lowest BCUT2D eigenvalue weighted by molar-refractivity contribution is -0.167. The standard InChI is InChI=1S/C50H84O6/c1-4-7-10-13-16-19-22-23-24-25-26-29-31-34-37-40-43-49(52)55-46-47(56-50(53)44-41-38-35-32-28-21-18-15-12-9-6-3)45-54-48(51)42-39-36-33-30-27-20-17-14-11-8-5-2/h8-9,11-12,17-18,20-21,30,32-33,35,47H,4-7,10,13-16,19,22-29,31,34,36-46H2,1-3H3/b11-8-,12-9-,20-17-,21-18-,33-30-,35-32-. The van der Waals surface area contributed by atoms with E-state index in [4.69, 9.17) is 14.2 Å². The Morgan fingerprint density at radius 1 is 0.375 bits per heavy atom. The van der Waals surface area contributed by atoms with E-state index in [0.717, 1.165) is 70.6 Å². The van der Waals surface area contributed by atoms with Crippen molar-refractivity contribution in [2.24, 2.45) is 0 Å². The minimum atomic E-state index is -0.817. The largest absolute Gasteiger partial charge is 0.462 e. The number of hydrogen-bond acceptors (Lipinski definition) is 6. The molecule has 1 unspecified atom stereocenters. The summed E-state index contributed by atoms with van der Waals surface area (Å²) in [5.41, 5.74) is 0. The van der Waals surface area contributed by atoms with Gasteiger partial charge in [-0.25, -0.2) is 0 Å². The number of hydrogen-bond donors (Lipinski definition) is 0. The van der Waals surface area contributed by atoms with Gasteiger partial charge in [0.15, 0.2) is 6.10 Å². The Hall–Kier alpha value is -3.15. The predicted molar refractivity (Wildman–Crippen MR) is 238 cm³/mol. The van der Waals surface area contributed by atoms with Crippen LogP contribution in [0.15, 0.2) is 72.9 Å². The lowest BCUT2D eigenvalue weighted by Crippen LogP contribution is -2.30. The van der Waals surface area contributed by atoms with Crippen molar-refractivity contribution in [2.45, 2.75) is 213 Å². The van der Waals surface area contributed by atoms with Crippen molar-refractivity contribution < 1.29 is 28.6 Å². The highest BCUT2D eigenvalue weighted by Crippen LogP contribution is 2.15. The van der Waals surface area contributed by atoms with Gasteiger partial charge in [-0.1, -0.05) is 190 Å². The third-order valence-electron chi connectivity index (χ3n) is 9.46. The van der Waals surface area contributed by atoms with Crippen LogP contribution >= 0.6 is 0 Å². The molecular formula is C50H84O6. The molecule has 0 aromatic rings. The van der Waals surface area contributed by atoms with Gasteiger partial charge in [0.2, 0.25) is 0 Å². The summed E-state index contributed by atoms with van der Waals surface area (Å²) in [4.78, 5) is 37.7. The van der Waals surface area contributed by atoms with Crippen molar-refractivity contribution in [3.8, 4) is 0 Å². The van der Waals surface area contributed by atoms with Crippen molar-refractivity contribution in [3.63, 3.8) is 0 Å². The third-order valence-corrected chi connectivity index (χ3v) is 9.46. The van der Waals surface area contributed by atoms with Gasteiger partial charge in [-0.15, -0.1) is 0 Å². The molecule has 0 fully saturated rings.